The number of amides is 1. The van der Waals surface area contributed by atoms with Gasteiger partial charge in [-0.2, -0.15) is 0 Å². The molecule has 0 bridgehead atoms. The Bertz CT molecular complexity index is 1060. The molecule has 2 heterocycles. The van der Waals surface area contributed by atoms with Crippen LogP contribution in [-0.2, 0) is 16.1 Å². The van der Waals surface area contributed by atoms with Gasteiger partial charge in [0.25, 0.3) is 5.91 Å². The molecule has 0 spiro atoms. The average molecular weight is 446 g/mol. The van der Waals surface area contributed by atoms with E-state index in [0.29, 0.717) is 11.4 Å². The quantitative estimate of drug-likeness (QED) is 0.560. The molecule has 0 atom stereocenters. The van der Waals surface area contributed by atoms with Crippen molar-refractivity contribution in [3.05, 3.63) is 83.9 Å². The molecule has 33 heavy (non-hydrogen) atoms. The van der Waals surface area contributed by atoms with E-state index in [0.717, 1.165) is 38.4 Å². The Morgan fingerprint density at radius 1 is 0.939 bits per heavy atom. The SMILES string of the molecule is Cc1cnc(C(=O)OCC(=O)Nc2ccc(N3CCN(Cc4ccccc4)CC3)cc2)cn1. The number of rotatable bonds is 7. The summed E-state index contributed by atoms with van der Waals surface area (Å²) in [6, 6.07) is 18.2. The van der Waals surface area contributed by atoms with Gasteiger partial charge in [-0.05, 0) is 36.8 Å². The Morgan fingerprint density at radius 2 is 1.67 bits per heavy atom. The molecule has 1 saturated heterocycles. The van der Waals surface area contributed by atoms with Crippen molar-refractivity contribution in [3.63, 3.8) is 0 Å². The van der Waals surface area contributed by atoms with E-state index in [4.69, 9.17) is 4.74 Å². The van der Waals surface area contributed by atoms with Crippen molar-refractivity contribution in [1.82, 2.24) is 14.9 Å². The molecule has 1 amide bonds. The topological polar surface area (TPSA) is 87.7 Å². The summed E-state index contributed by atoms with van der Waals surface area (Å²) < 4.78 is 5.01. The standard InChI is InChI=1S/C25H27N5O3/c1-19-15-27-23(16-26-19)25(32)33-18-24(31)28-21-7-9-22(10-8-21)30-13-11-29(12-14-30)17-20-5-3-2-4-6-20/h2-10,15-16H,11-14,17-18H2,1H3,(H,28,31). The van der Waals surface area contributed by atoms with Crippen molar-refractivity contribution >= 4 is 23.3 Å². The van der Waals surface area contributed by atoms with Crippen molar-refractivity contribution in [2.45, 2.75) is 13.5 Å². The molecule has 4 rings (SSSR count). The number of aryl methyl sites for hydroxylation is 1. The van der Waals surface area contributed by atoms with Gasteiger partial charge in [0, 0.05) is 50.3 Å². The largest absolute Gasteiger partial charge is 0.451 e. The molecule has 3 aromatic rings. The number of nitrogens with zero attached hydrogens (tertiary/aromatic N) is 4. The number of esters is 1. The van der Waals surface area contributed by atoms with Crippen LogP contribution in [0.1, 0.15) is 21.7 Å². The van der Waals surface area contributed by atoms with E-state index in [9.17, 15) is 9.59 Å². The van der Waals surface area contributed by atoms with Crippen molar-refractivity contribution in [2.75, 3.05) is 43.0 Å². The maximum Gasteiger partial charge on any atom is 0.359 e. The number of nitrogens with one attached hydrogen (secondary N) is 1. The fourth-order valence-corrected chi connectivity index (χ4v) is 3.66. The predicted molar refractivity (Wildman–Crippen MR) is 126 cm³/mol. The van der Waals surface area contributed by atoms with Crippen LogP contribution in [0.5, 0.6) is 0 Å². The number of benzene rings is 2. The van der Waals surface area contributed by atoms with E-state index < -0.39 is 11.9 Å². The van der Waals surface area contributed by atoms with Gasteiger partial charge in [0.15, 0.2) is 12.3 Å². The molecular formula is C25H27N5O3. The highest BCUT2D eigenvalue weighted by Gasteiger charge is 2.17. The maximum absolute atomic E-state index is 12.1. The molecule has 170 valence electrons. The van der Waals surface area contributed by atoms with Gasteiger partial charge in [0.2, 0.25) is 0 Å². The Morgan fingerprint density at radius 3 is 2.33 bits per heavy atom. The maximum atomic E-state index is 12.1. The number of anilines is 2. The zero-order valence-corrected chi connectivity index (χ0v) is 18.6. The molecule has 1 N–H and O–H groups in total. The third-order valence-electron chi connectivity index (χ3n) is 5.46. The first-order chi connectivity index (χ1) is 16.1. The van der Waals surface area contributed by atoms with Gasteiger partial charge in [0.1, 0.15) is 0 Å². The first kappa shape index (κ1) is 22.4. The van der Waals surface area contributed by atoms with E-state index >= 15 is 0 Å². The van der Waals surface area contributed by atoms with Crippen LogP contribution in [0, 0.1) is 6.92 Å². The minimum atomic E-state index is -0.681. The third kappa shape index (κ3) is 6.36. The summed E-state index contributed by atoms with van der Waals surface area (Å²) in [6.45, 7) is 6.27. The van der Waals surface area contributed by atoms with Crippen LogP contribution in [0.4, 0.5) is 11.4 Å². The minimum Gasteiger partial charge on any atom is -0.451 e. The monoisotopic (exact) mass is 445 g/mol. The number of carbonyl (C=O) groups is 2. The zero-order valence-electron chi connectivity index (χ0n) is 18.6. The molecule has 1 fully saturated rings. The van der Waals surface area contributed by atoms with Crippen LogP contribution in [-0.4, -0.2) is 59.5 Å². The highest BCUT2D eigenvalue weighted by molar-refractivity contribution is 5.94. The van der Waals surface area contributed by atoms with Crippen LogP contribution in [0.25, 0.3) is 0 Å². The van der Waals surface area contributed by atoms with E-state index in [1.54, 1.807) is 6.92 Å². The lowest BCUT2D eigenvalue weighted by atomic mass is 10.2. The molecule has 2 aromatic carbocycles. The van der Waals surface area contributed by atoms with Crippen LogP contribution in [0.15, 0.2) is 67.0 Å². The lowest BCUT2D eigenvalue weighted by Crippen LogP contribution is -2.45. The Balaban J connectivity index is 1.21. The number of piperazine rings is 1. The number of aromatic nitrogens is 2. The molecule has 1 aliphatic heterocycles. The minimum absolute atomic E-state index is 0.0709. The van der Waals surface area contributed by atoms with Gasteiger partial charge in [-0.15, -0.1) is 0 Å². The zero-order chi connectivity index (χ0) is 23.0. The summed E-state index contributed by atoms with van der Waals surface area (Å²) in [5.41, 5.74) is 3.88. The van der Waals surface area contributed by atoms with Gasteiger partial charge in [0.05, 0.1) is 11.9 Å². The van der Waals surface area contributed by atoms with E-state index in [-0.39, 0.29) is 12.3 Å². The molecule has 8 nitrogen and oxygen atoms in total. The second-order valence-corrected chi connectivity index (χ2v) is 7.96. The summed E-state index contributed by atoms with van der Waals surface area (Å²) in [6.07, 6.45) is 2.80. The summed E-state index contributed by atoms with van der Waals surface area (Å²) in [5, 5.41) is 2.74. The van der Waals surface area contributed by atoms with Gasteiger partial charge in [-0.3, -0.25) is 14.7 Å². The molecule has 0 unspecified atom stereocenters. The fraction of sp³-hybridized carbons (Fsp3) is 0.280. The first-order valence-corrected chi connectivity index (χ1v) is 10.9. The lowest BCUT2D eigenvalue weighted by molar-refractivity contribution is -0.119. The van der Waals surface area contributed by atoms with E-state index in [1.807, 2.05) is 30.3 Å². The predicted octanol–water partition coefficient (Wildman–Crippen LogP) is 2.90. The molecule has 0 radical (unpaired) electrons. The lowest BCUT2D eigenvalue weighted by Gasteiger charge is -2.36. The van der Waals surface area contributed by atoms with Crippen LogP contribution < -0.4 is 10.2 Å². The molecule has 0 saturated carbocycles. The van der Waals surface area contributed by atoms with Crippen molar-refractivity contribution in [1.29, 1.82) is 0 Å². The Hall–Kier alpha value is -3.78. The Labute approximate surface area is 193 Å². The molecular weight excluding hydrogens is 418 g/mol. The highest BCUT2D eigenvalue weighted by Crippen LogP contribution is 2.20. The fourth-order valence-electron chi connectivity index (χ4n) is 3.66. The van der Waals surface area contributed by atoms with Gasteiger partial charge in [-0.25, -0.2) is 9.78 Å². The van der Waals surface area contributed by atoms with Crippen LogP contribution in [0.3, 0.4) is 0 Å². The van der Waals surface area contributed by atoms with Gasteiger partial charge in [-0.1, -0.05) is 30.3 Å². The van der Waals surface area contributed by atoms with Crippen molar-refractivity contribution < 1.29 is 14.3 Å². The normalized spacial score (nSPS) is 14.0. The van der Waals surface area contributed by atoms with Gasteiger partial charge >= 0.3 is 5.97 Å². The summed E-state index contributed by atoms with van der Waals surface area (Å²) in [4.78, 5) is 36.8. The van der Waals surface area contributed by atoms with Crippen molar-refractivity contribution in [2.24, 2.45) is 0 Å². The number of carbonyl (C=O) groups excluding carboxylic acids is 2. The van der Waals surface area contributed by atoms with Crippen LogP contribution in [0.2, 0.25) is 0 Å². The summed E-state index contributed by atoms with van der Waals surface area (Å²) in [5.74, 6) is -1.09. The molecule has 8 heteroatoms. The number of hydrogen-bond donors (Lipinski definition) is 1. The smallest absolute Gasteiger partial charge is 0.359 e. The number of hydrogen-bond acceptors (Lipinski definition) is 7. The van der Waals surface area contributed by atoms with Crippen molar-refractivity contribution in [3.8, 4) is 0 Å². The van der Waals surface area contributed by atoms with Crippen LogP contribution >= 0.6 is 0 Å². The first-order valence-electron chi connectivity index (χ1n) is 10.9. The van der Waals surface area contributed by atoms with E-state index in [1.165, 1.54) is 18.0 Å². The Kier molecular flexibility index (Phi) is 7.26. The average Bonchev–Trinajstić information content (AvgIpc) is 2.85. The van der Waals surface area contributed by atoms with E-state index in [2.05, 4.69) is 49.4 Å². The highest BCUT2D eigenvalue weighted by atomic mass is 16.5. The summed E-state index contributed by atoms with van der Waals surface area (Å²) in [7, 11) is 0. The number of ether oxygens (including phenoxy) is 1. The second-order valence-electron chi connectivity index (χ2n) is 7.96. The molecule has 1 aliphatic rings. The summed E-state index contributed by atoms with van der Waals surface area (Å²) >= 11 is 0. The second kappa shape index (κ2) is 10.7. The molecule has 1 aromatic heterocycles. The van der Waals surface area contributed by atoms with Gasteiger partial charge < -0.3 is 15.0 Å². The molecule has 0 aliphatic carbocycles. The third-order valence-corrected chi connectivity index (χ3v) is 5.46.